The molecule has 3 aliphatic heterocycles. The fraction of sp³-hybridized carbons (Fsp3) is 0.769. The quantitative estimate of drug-likeness (QED) is 0.0370. The summed E-state index contributed by atoms with van der Waals surface area (Å²) in [6.07, 6.45) is 6.95. The van der Waals surface area contributed by atoms with Crippen LogP contribution in [0.15, 0.2) is 24.3 Å². The molecule has 10 rings (SSSR count). The number of urea groups is 1. The zero-order chi connectivity index (χ0) is 81.4. The number of likely N-dealkylation sites (N-methyl/N-ethyl adjacent to an activating group) is 3. The van der Waals surface area contributed by atoms with Gasteiger partial charge in [-0.2, -0.15) is 0 Å². The molecule has 17 atom stereocenters. The zero-order valence-corrected chi connectivity index (χ0v) is 68.6. The predicted molar refractivity (Wildman–Crippen MR) is 411 cm³/mol. The number of rotatable bonds is 25. The number of amides is 12. The van der Waals surface area contributed by atoms with E-state index in [1.165, 1.54) is 57.4 Å². The number of carbonyl (C=O) groups is 12. The third-order valence-electron chi connectivity index (χ3n) is 25.7. The minimum absolute atomic E-state index is 0. The first-order valence-corrected chi connectivity index (χ1v) is 38.9. The normalized spacial score (nSPS) is 26.4. The van der Waals surface area contributed by atoms with E-state index in [0.717, 1.165) is 57.8 Å². The van der Waals surface area contributed by atoms with Crippen LogP contribution in [0.5, 0.6) is 5.75 Å². The number of aliphatic hydroxyl groups excluding tert-OH is 2. The largest absolute Gasteiger partial charge is 0.413 e. The molecule has 0 bridgehead atoms. The van der Waals surface area contributed by atoms with Crippen LogP contribution in [0.3, 0.4) is 0 Å². The summed E-state index contributed by atoms with van der Waals surface area (Å²) in [7, 11) is 5.78. The Kier molecular flexibility index (Phi) is 28.2. The number of ketones is 1. The maximum absolute atomic E-state index is 14.1. The first kappa shape index (κ1) is 89.4. The summed E-state index contributed by atoms with van der Waals surface area (Å²) < 4.78 is 5.30. The molecule has 0 spiro atoms. The third kappa shape index (κ3) is 19.6. The van der Waals surface area contributed by atoms with Gasteiger partial charge in [-0.1, -0.05) is 162 Å². The molecule has 3 heterocycles. The van der Waals surface area contributed by atoms with Crippen molar-refractivity contribution in [2.24, 2.45) is 91.5 Å². The van der Waals surface area contributed by atoms with Crippen molar-refractivity contribution in [1.82, 2.24) is 62.6 Å². The Morgan fingerprint density at radius 2 is 0.873 bits per heavy atom. The smallest absolute Gasteiger partial charge is 0.410 e. The van der Waals surface area contributed by atoms with Gasteiger partial charge in [0.05, 0.1) is 29.1 Å². The monoisotopic (exact) mass is 1560 g/mol. The summed E-state index contributed by atoms with van der Waals surface area (Å²) in [6.45, 7) is 30.4. The van der Waals surface area contributed by atoms with Crippen LogP contribution < -0.4 is 58.3 Å². The molecule has 0 radical (unpaired) electrons. The van der Waals surface area contributed by atoms with Crippen molar-refractivity contribution < 1.29 is 77.4 Å². The molecule has 616 valence electrons. The van der Waals surface area contributed by atoms with Crippen molar-refractivity contribution in [3.05, 3.63) is 34.4 Å². The number of hydrogen-bond acceptors (Lipinski definition) is 18. The number of non-ortho nitro benzene ring substituents is 1. The molecule has 0 aromatic heterocycles. The van der Waals surface area contributed by atoms with Crippen LogP contribution in [-0.2, 0) is 47.9 Å². The van der Waals surface area contributed by atoms with Gasteiger partial charge in [-0.3, -0.25) is 58.1 Å². The number of ether oxygens (including phenoxy) is 1. The van der Waals surface area contributed by atoms with Crippen LogP contribution in [0.1, 0.15) is 181 Å². The van der Waals surface area contributed by atoms with Gasteiger partial charge >= 0.3 is 12.1 Å². The number of Topliss-reactive ketones (excluding diaryl/α,β-unsaturated/α-hetero) is 1. The average Bonchev–Trinajstić information content (AvgIpc) is 1.54. The van der Waals surface area contributed by atoms with Crippen molar-refractivity contribution in [2.45, 2.75) is 247 Å². The molecule has 1 aromatic rings. The molecule has 9 aliphatic rings. The highest BCUT2D eigenvalue weighted by molar-refractivity contribution is 6.38. The average molecular weight is 1570 g/mol. The number of nitro groups is 1. The molecule has 13 N–H and O–H groups in total. The Bertz CT molecular complexity index is 3600. The molecule has 110 heavy (non-hydrogen) atoms. The van der Waals surface area contributed by atoms with E-state index >= 15 is 0 Å². The second-order valence-electron chi connectivity index (χ2n) is 37.1. The van der Waals surface area contributed by atoms with E-state index in [1.807, 2.05) is 41.5 Å². The second-order valence-corrected chi connectivity index (χ2v) is 37.1. The molecule has 9 fully saturated rings. The minimum atomic E-state index is -1.43. The maximum Gasteiger partial charge on any atom is 0.413 e. The SMILES string of the molecule is CNC(=O)C(=O)C(CC1CCC1)NC(=O)[C@@H]1[C@@H]2[C@H](CN1C(=O)[C@@H](N)C(C)(C)C)C2(C)C.CNC(=O)C(O)C(CC1CCC1)NC(=O)[C@@H]1[C@@H]2[C@H](CN1C(=O)[C@@H](NC(=O)Oc1ccc([N+](=O)[O-])cc1)C(C)(C)C)C2(C)C.CNC(=O)N[C@H](C(=O)N1C[C@H]2[C@@H]([C@H]1C(=O)NC(CC1CCC1)C(O)C(=O)NC)C2(C)C)C(C)(C)C.Cl. The fourth-order valence-corrected chi connectivity index (χ4v) is 17.4. The van der Waals surface area contributed by atoms with Crippen molar-refractivity contribution >= 4 is 89.2 Å². The van der Waals surface area contributed by atoms with Gasteiger partial charge in [0, 0.05) is 60.0 Å². The summed E-state index contributed by atoms with van der Waals surface area (Å²) in [5, 5.41) is 56.2. The maximum atomic E-state index is 14.1. The van der Waals surface area contributed by atoms with Gasteiger partial charge in [-0.05, 0) is 117 Å². The van der Waals surface area contributed by atoms with Crippen LogP contribution in [-0.4, -0.2) is 215 Å². The molecule has 3 saturated heterocycles. The van der Waals surface area contributed by atoms with Gasteiger partial charge in [0.1, 0.15) is 36.0 Å². The lowest BCUT2D eigenvalue weighted by atomic mass is 9.79. The third-order valence-corrected chi connectivity index (χ3v) is 25.7. The molecule has 6 aliphatic carbocycles. The molecular formula is C78H125ClN14O17. The number of fused-ring (bicyclic) bond motifs is 3. The Hall–Kier alpha value is -7.77. The van der Waals surface area contributed by atoms with Crippen LogP contribution in [0.25, 0.3) is 0 Å². The lowest BCUT2D eigenvalue weighted by Gasteiger charge is -2.38. The first-order valence-electron chi connectivity index (χ1n) is 38.9. The van der Waals surface area contributed by atoms with E-state index < -0.39 is 135 Å². The number of carbonyl (C=O) groups excluding carboxylic acids is 12. The summed E-state index contributed by atoms with van der Waals surface area (Å²) in [5.41, 5.74) is 3.99. The van der Waals surface area contributed by atoms with Crippen molar-refractivity contribution in [3.63, 3.8) is 0 Å². The van der Waals surface area contributed by atoms with Gasteiger partial charge in [0.2, 0.25) is 41.2 Å². The van der Waals surface area contributed by atoms with Gasteiger partial charge < -0.3 is 83.2 Å². The minimum Gasteiger partial charge on any atom is -0.410 e. The number of likely N-dealkylation sites (tertiary alicyclic amines) is 3. The molecule has 31 nitrogen and oxygen atoms in total. The number of nitrogens with one attached hydrogen (secondary N) is 9. The summed E-state index contributed by atoms with van der Waals surface area (Å²) in [5.74, 6) is -3.14. The van der Waals surface area contributed by atoms with Gasteiger partial charge in [0.25, 0.3) is 23.4 Å². The number of nitrogens with zero attached hydrogens (tertiary/aromatic N) is 4. The molecule has 6 saturated carbocycles. The van der Waals surface area contributed by atoms with Crippen molar-refractivity contribution in [2.75, 3.05) is 47.8 Å². The highest BCUT2D eigenvalue weighted by Gasteiger charge is 2.72. The number of piperidine rings is 3. The lowest BCUT2D eigenvalue weighted by molar-refractivity contribution is -0.384. The molecule has 1 aromatic carbocycles. The number of benzene rings is 1. The number of aliphatic hydroxyl groups is 2. The fourth-order valence-electron chi connectivity index (χ4n) is 17.4. The zero-order valence-electron chi connectivity index (χ0n) is 67.8. The van der Waals surface area contributed by atoms with Crippen LogP contribution >= 0.6 is 12.4 Å². The summed E-state index contributed by atoms with van der Waals surface area (Å²) in [6, 6.07) is -2.70. The first-order chi connectivity index (χ1) is 50.6. The van der Waals surface area contributed by atoms with Gasteiger partial charge in [0.15, 0.2) is 12.2 Å². The number of hydrogen-bond donors (Lipinski definition) is 12. The summed E-state index contributed by atoms with van der Waals surface area (Å²) >= 11 is 0. The number of nitro benzene ring substituents is 1. The van der Waals surface area contributed by atoms with E-state index in [0.29, 0.717) is 56.7 Å². The topological polar surface area (TPSA) is 442 Å². The highest BCUT2D eigenvalue weighted by atomic mass is 35.5. The van der Waals surface area contributed by atoms with Crippen LogP contribution in [0.4, 0.5) is 15.3 Å². The number of nitrogens with two attached hydrogens (primary N) is 1. The molecular weight excluding hydrogens is 1440 g/mol. The van der Waals surface area contributed by atoms with Crippen molar-refractivity contribution in [1.29, 1.82) is 0 Å². The Labute approximate surface area is 653 Å². The van der Waals surface area contributed by atoms with E-state index in [2.05, 4.69) is 89.4 Å². The van der Waals surface area contributed by atoms with Gasteiger partial charge in [-0.25, -0.2) is 9.59 Å². The molecule has 32 heteroatoms. The van der Waals surface area contributed by atoms with E-state index in [4.69, 9.17) is 10.5 Å². The van der Waals surface area contributed by atoms with Gasteiger partial charge in [-0.15, -0.1) is 12.4 Å². The standard InChI is InChI=1S/C30H43N5O8.C25H43N5O5.C23H38N4O4.ClH/c1-29(2,3)24(33-28(40)43-18-12-10-17(11-13-18)35(41)42)27(39)34-15-19-21(30(19,4)5)22(34)25(37)32-20(14-16-8-7-9-16)23(36)26(38)31-6;1-24(2,3)19(29-23(35)27-7)22(34)30-12-14-16(25(14,4)5)17(30)20(32)28-15(11-13-9-8-10-13)18(31)21(33)26-6;1-22(2,3)18(24)21(31)27-11-13-15(23(13,4)5)16(27)19(29)26-14(10-12-8-7-9-12)17(28)20(30)25-6;/h10-13,16,19-24,36H,7-9,14-15H2,1-6H3,(H,31,38)(H,32,37)(H,33,40);13-19,31H,8-12H2,1-7H3,(H,26,33)(H,28,32)(H2,27,29,35);12-16,18H,7-11,24H2,1-6H3,(H,25,30)(H,26,29);1H/t19-,20?,21-,22-,23?,24+;14-,15?,16-,17-,18?,19+;13-,14?,15-,16-,18+;/m000./s1. The molecule has 5 unspecified atom stereocenters. The molecule has 12 amide bonds. The number of halogens is 1. The summed E-state index contributed by atoms with van der Waals surface area (Å²) in [4.78, 5) is 171. The van der Waals surface area contributed by atoms with E-state index in [1.54, 1.807) is 30.6 Å². The Morgan fingerprint density at radius 3 is 1.19 bits per heavy atom. The van der Waals surface area contributed by atoms with E-state index in [9.17, 15) is 77.9 Å². The lowest BCUT2D eigenvalue weighted by Crippen LogP contribution is -2.61. The predicted octanol–water partition coefficient (Wildman–Crippen LogP) is 4.21. The van der Waals surface area contributed by atoms with Crippen LogP contribution in [0, 0.1) is 95.9 Å². The highest BCUT2D eigenvalue weighted by Crippen LogP contribution is 2.67. The second kappa shape index (κ2) is 34.7. The van der Waals surface area contributed by atoms with Crippen molar-refractivity contribution in [3.8, 4) is 5.75 Å². The Morgan fingerprint density at radius 1 is 0.518 bits per heavy atom. The van der Waals surface area contributed by atoms with Crippen LogP contribution in [0.2, 0.25) is 0 Å². The van der Waals surface area contributed by atoms with E-state index in [-0.39, 0.29) is 99.2 Å². The Balaban J connectivity index is 0.000000232.